The highest BCUT2D eigenvalue weighted by Gasteiger charge is 2.46. The van der Waals surface area contributed by atoms with Crippen LogP contribution in [0.5, 0.6) is 17.2 Å². The second-order valence-corrected chi connectivity index (χ2v) is 14.4. The van der Waals surface area contributed by atoms with E-state index in [1.54, 1.807) is 0 Å². The number of amides is 1. The molecule has 264 valence electrons. The van der Waals surface area contributed by atoms with E-state index in [9.17, 15) is 32.7 Å². The van der Waals surface area contributed by atoms with Crippen molar-refractivity contribution in [3.8, 4) is 17.2 Å². The van der Waals surface area contributed by atoms with Crippen molar-refractivity contribution < 1.29 is 51.6 Å². The van der Waals surface area contributed by atoms with Crippen molar-refractivity contribution in [1.82, 2.24) is 10.2 Å². The van der Waals surface area contributed by atoms with Gasteiger partial charge in [0.1, 0.15) is 35.6 Å². The Balaban J connectivity index is 1.39. The highest BCUT2D eigenvalue weighted by Crippen LogP contribution is 2.47. The van der Waals surface area contributed by atoms with Crippen LogP contribution in [-0.4, -0.2) is 84.6 Å². The van der Waals surface area contributed by atoms with Crippen molar-refractivity contribution in [1.29, 1.82) is 0 Å². The zero-order valence-electron chi connectivity index (χ0n) is 27.5. The maximum atomic E-state index is 12.6. The predicted molar refractivity (Wildman–Crippen MR) is 171 cm³/mol. The van der Waals surface area contributed by atoms with Crippen molar-refractivity contribution in [3.05, 3.63) is 51.0 Å². The van der Waals surface area contributed by atoms with E-state index in [4.69, 9.17) is 37.4 Å². The van der Waals surface area contributed by atoms with Gasteiger partial charge in [-0.05, 0) is 43.0 Å². The normalized spacial score (nSPS) is 16.9. The molecule has 1 atom stereocenters. The maximum absolute atomic E-state index is 12.6. The Morgan fingerprint density at radius 2 is 1.67 bits per heavy atom. The number of nitrogens with zero attached hydrogens (tertiary/aromatic N) is 1. The third-order valence-electron chi connectivity index (χ3n) is 8.22. The number of benzene rings is 2. The summed E-state index contributed by atoms with van der Waals surface area (Å²) in [5.74, 6) is -4.33. The number of hydrogen-bond acceptors (Lipinski definition) is 9. The Morgan fingerprint density at radius 1 is 1.02 bits per heavy atom. The first-order chi connectivity index (χ1) is 22.1. The number of rotatable bonds is 9. The Morgan fingerprint density at radius 3 is 2.25 bits per heavy atom. The zero-order chi connectivity index (χ0) is 35.8. The number of likely N-dealkylation sites (tertiary alicyclic amines) is 1. The van der Waals surface area contributed by atoms with E-state index in [0.29, 0.717) is 18.1 Å². The molecule has 1 saturated heterocycles. The topological polar surface area (TPSA) is 124 Å². The summed E-state index contributed by atoms with van der Waals surface area (Å²) in [5, 5.41) is 13.8. The largest absolute Gasteiger partial charge is 0.491 e. The lowest BCUT2D eigenvalue weighted by molar-refractivity contribution is -0.206. The standard InChI is InChI=1S/C33H39Cl2F3N2O8/c1-30(2,3)22-12-19(34)11-18-15-32(48-26(18)22)7-9-40(10-8-32)16-20(41)17-45-24-14-25(23(35)13-21(24)27(42)39-6)47-31(4,5)28(43)46-29(44)33(36,37)38/h11-14,20,41H,7-10,15-17H2,1-6H3,(H,39,42)/t20-/m1/s1. The molecule has 0 saturated carbocycles. The van der Waals surface area contributed by atoms with Gasteiger partial charge in [0.15, 0.2) is 0 Å². The molecule has 0 aromatic heterocycles. The minimum absolute atomic E-state index is 0.0257. The molecule has 2 heterocycles. The monoisotopic (exact) mass is 718 g/mol. The number of fused-ring (bicyclic) bond motifs is 1. The quantitative estimate of drug-likeness (QED) is 0.250. The van der Waals surface area contributed by atoms with Crippen molar-refractivity contribution in [2.75, 3.05) is 33.3 Å². The molecule has 2 aromatic rings. The van der Waals surface area contributed by atoms with E-state index in [2.05, 4.69) is 35.7 Å². The molecule has 2 aliphatic heterocycles. The second-order valence-electron chi connectivity index (χ2n) is 13.6. The van der Waals surface area contributed by atoms with Crippen molar-refractivity contribution >= 4 is 41.0 Å². The van der Waals surface area contributed by atoms with Crippen molar-refractivity contribution in [3.63, 3.8) is 0 Å². The number of carbonyl (C=O) groups excluding carboxylic acids is 3. The van der Waals surface area contributed by atoms with Gasteiger partial charge in [0.25, 0.3) is 5.91 Å². The fourth-order valence-corrected chi connectivity index (χ4v) is 6.09. The number of aliphatic hydroxyl groups excluding tert-OH is 1. The maximum Gasteiger partial charge on any atom is 0.491 e. The fraction of sp³-hybridized carbons (Fsp3) is 0.545. The van der Waals surface area contributed by atoms with Gasteiger partial charge >= 0.3 is 18.1 Å². The lowest BCUT2D eigenvalue weighted by atomic mass is 9.84. The lowest BCUT2D eigenvalue weighted by Gasteiger charge is -2.39. The molecule has 0 unspecified atom stereocenters. The summed E-state index contributed by atoms with van der Waals surface area (Å²) in [7, 11) is 1.38. The molecule has 10 nitrogen and oxygen atoms in total. The average molecular weight is 720 g/mol. The summed E-state index contributed by atoms with van der Waals surface area (Å²) in [6.45, 7) is 9.86. The molecule has 2 aromatic carbocycles. The Labute approximate surface area is 286 Å². The van der Waals surface area contributed by atoms with Crippen LogP contribution < -0.4 is 19.5 Å². The molecule has 48 heavy (non-hydrogen) atoms. The summed E-state index contributed by atoms with van der Waals surface area (Å²) < 4.78 is 59.7. The van der Waals surface area contributed by atoms with Gasteiger partial charge in [0.05, 0.1) is 10.6 Å². The van der Waals surface area contributed by atoms with Crippen LogP contribution in [-0.2, 0) is 26.2 Å². The van der Waals surface area contributed by atoms with Gasteiger partial charge in [-0.3, -0.25) is 4.79 Å². The molecule has 2 aliphatic rings. The number of β-amino-alcohol motifs (C(OH)–C–C–N with tert-alkyl or cyclic N) is 1. The van der Waals surface area contributed by atoms with Crippen LogP contribution in [0.15, 0.2) is 24.3 Å². The molecule has 0 radical (unpaired) electrons. The van der Waals surface area contributed by atoms with Gasteiger partial charge < -0.3 is 34.3 Å². The van der Waals surface area contributed by atoms with E-state index in [0.717, 1.165) is 56.1 Å². The van der Waals surface area contributed by atoms with Gasteiger partial charge in [0.2, 0.25) is 5.60 Å². The number of halogens is 5. The molecule has 4 rings (SSSR count). The molecule has 1 amide bonds. The number of piperidine rings is 1. The molecule has 1 spiro atoms. The Hall–Kier alpha value is -3.26. The molecule has 2 N–H and O–H groups in total. The van der Waals surface area contributed by atoms with E-state index in [-0.39, 0.29) is 46.3 Å². The van der Waals surface area contributed by atoms with Gasteiger partial charge in [-0.15, -0.1) is 0 Å². The molecule has 1 fully saturated rings. The summed E-state index contributed by atoms with van der Waals surface area (Å²) in [6, 6.07) is 6.28. The summed E-state index contributed by atoms with van der Waals surface area (Å²) >= 11 is 12.7. The van der Waals surface area contributed by atoms with Gasteiger partial charge in [-0.1, -0.05) is 44.0 Å². The van der Waals surface area contributed by atoms with Gasteiger partial charge in [-0.2, -0.15) is 13.2 Å². The van der Waals surface area contributed by atoms with Gasteiger partial charge in [-0.25, -0.2) is 9.59 Å². The number of carbonyl (C=O) groups is 3. The third kappa shape index (κ3) is 8.66. The van der Waals surface area contributed by atoms with E-state index >= 15 is 0 Å². The van der Waals surface area contributed by atoms with Crippen LogP contribution in [0.25, 0.3) is 0 Å². The van der Waals surface area contributed by atoms with Crippen LogP contribution in [0.4, 0.5) is 13.2 Å². The van der Waals surface area contributed by atoms with E-state index in [1.807, 2.05) is 12.1 Å². The second kappa shape index (κ2) is 13.9. The molecular weight excluding hydrogens is 680 g/mol. The first-order valence-electron chi connectivity index (χ1n) is 15.3. The van der Waals surface area contributed by atoms with Crippen molar-refractivity contribution in [2.24, 2.45) is 0 Å². The summed E-state index contributed by atoms with van der Waals surface area (Å²) in [4.78, 5) is 38.1. The summed E-state index contributed by atoms with van der Waals surface area (Å²) in [5.41, 5.74) is -0.451. The number of hydrogen-bond donors (Lipinski definition) is 2. The van der Waals surface area contributed by atoms with Gasteiger partial charge in [0, 0.05) is 62.6 Å². The third-order valence-corrected chi connectivity index (χ3v) is 8.73. The number of esters is 2. The highest BCUT2D eigenvalue weighted by atomic mass is 35.5. The molecule has 0 bridgehead atoms. The lowest BCUT2D eigenvalue weighted by Crippen LogP contribution is -2.49. The number of alkyl halides is 3. The average Bonchev–Trinajstić information content (AvgIpc) is 3.33. The van der Waals surface area contributed by atoms with Crippen molar-refractivity contribution in [2.45, 2.75) is 82.8 Å². The van der Waals surface area contributed by atoms with E-state index in [1.165, 1.54) is 13.1 Å². The number of aliphatic hydroxyl groups is 1. The highest BCUT2D eigenvalue weighted by molar-refractivity contribution is 6.32. The Kier molecular flexibility index (Phi) is 10.9. The first kappa shape index (κ1) is 37.6. The summed E-state index contributed by atoms with van der Waals surface area (Å²) in [6.07, 6.45) is -4.15. The molecule has 15 heteroatoms. The van der Waals surface area contributed by atoms with Crippen LogP contribution in [0.1, 0.15) is 68.9 Å². The number of nitrogens with one attached hydrogen (secondary N) is 1. The fourth-order valence-electron chi connectivity index (χ4n) is 5.64. The SMILES string of the molecule is CNC(=O)c1cc(Cl)c(OC(C)(C)C(=O)OC(=O)C(F)(F)F)cc1OC[C@H](O)CN1CCC2(CC1)Cc1cc(Cl)cc(C(C)(C)C)c1O2. The molecular formula is C33H39Cl2F3N2O8. The van der Waals surface area contributed by atoms with E-state index < -0.39 is 35.7 Å². The minimum atomic E-state index is -5.39. The predicted octanol–water partition coefficient (Wildman–Crippen LogP) is 5.65. The van der Waals surface area contributed by atoms with Crippen LogP contribution in [0.2, 0.25) is 10.0 Å². The minimum Gasteiger partial charge on any atom is -0.490 e. The smallest absolute Gasteiger partial charge is 0.490 e. The van der Waals surface area contributed by atoms with Crippen LogP contribution in [0.3, 0.4) is 0 Å². The first-order valence-corrected chi connectivity index (χ1v) is 16.0. The molecule has 0 aliphatic carbocycles. The van der Waals surface area contributed by atoms with Crippen LogP contribution in [0, 0.1) is 0 Å². The Bertz CT molecular complexity index is 1570. The number of ether oxygens (including phenoxy) is 4. The van der Waals surface area contributed by atoms with Crippen LogP contribution >= 0.6 is 23.2 Å². The zero-order valence-corrected chi connectivity index (χ0v) is 29.0.